The summed E-state index contributed by atoms with van der Waals surface area (Å²) in [6.07, 6.45) is 3.93. The molecule has 5 aromatic rings. The largest absolute Gasteiger partial charge is 0.455 e. The number of nitrogens with one attached hydrogen (secondary N) is 2. The Kier molecular flexibility index (Phi) is 9.22. The molecule has 2 aliphatic heterocycles. The first-order valence-electron chi connectivity index (χ1n) is 17.4. The second-order valence-electron chi connectivity index (χ2n) is 13.5. The quantitative estimate of drug-likeness (QED) is 0.199. The van der Waals surface area contributed by atoms with Gasteiger partial charge < -0.3 is 20.3 Å². The number of carbonyl (C=O) groups excluding carboxylic acids is 3. The second kappa shape index (κ2) is 13.9. The maximum atomic E-state index is 14.1. The number of para-hydroxylation sites is 1. The molecule has 0 radical (unpaired) electrons. The molecule has 3 amide bonds. The van der Waals surface area contributed by atoms with Crippen molar-refractivity contribution >= 4 is 60.2 Å². The summed E-state index contributed by atoms with van der Waals surface area (Å²) in [5.41, 5.74) is 0.871. The van der Waals surface area contributed by atoms with Crippen molar-refractivity contribution in [3.05, 3.63) is 109 Å². The zero-order chi connectivity index (χ0) is 37.8. The summed E-state index contributed by atoms with van der Waals surface area (Å²) in [6.45, 7) is 0.924. The number of ether oxygens (including phenoxy) is 1. The van der Waals surface area contributed by atoms with Crippen molar-refractivity contribution in [3.63, 3.8) is 0 Å². The zero-order valence-electron chi connectivity index (χ0n) is 28.9. The van der Waals surface area contributed by atoms with Gasteiger partial charge in [0.1, 0.15) is 17.5 Å². The Hall–Kier alpha value is -5.19. The number of benzene rings is 3. The lowest BCUT2D eigenvalue weighted by molar-refractivity contribution is -0.138. The summed E-state index contributed by atoms with van der Waals surface area (Å²) >= 11 is 1.52. The van der Waals surface area contributed by atoms with Crippen molar-refractivity contribution in [1.29, 1.82) is 0 Å². The highest BCUT2D eigenvalue weighted by molar-refractivity contribution is 7.99. The van der Waals surface area contributed by atoms with E-state index >= 15 is 0 Å². The molecule has 2 fully saturated rings. The van der Waals surface area contributed by atoms with Crippen LogP contribution in [-0.2, 0) is 29.4 Å². The normalized spacial score (nSPS) is 18.6. The molecule has 4 heterocycles. The van der Waals surface area contributed by atoms with E-state index in [1.807, 2.05) is 24.3 Å². The van der Waals surface area contributed by atoms with Gasteiger partial charge in [-0.2, -0.15) is 0 Å². The molecule has 16 heteroatoms. The number of fused-ring (bicyclic) bond motifs is 3. The number of rotatable bonds is 10. The van der Waals surface area contributed by atoms with Crippen molar-refractivity contribution in [1.82, 2.24) is 24.5 Å². The average Bonchev–Trinajstić information content (AvgIpc) is 3.82. The lowest BCUT2D eigenvalue weighted by Gasteiger charge is -2.26. The molecule has 1 saturated carbocycles. The topological polar surface area (TPSA) is 174 Å². The zero-order valence-corrected chi connectivity index (χ0v) is 31.4. The van der Waals surface area contributed by atoms with Crippen LogP contribution in [0.1, 0.15) is 48.3 Å². The van der Waals surface area contributed by atoms with E-state index in [9.17, 15) is 31.2 Å². The van der Waals surface area contributed by atoms with Crippen LogP contribution in [0, 0.1) is 0 Å². The van der Waals surface area contributed by atoms with Gasteiger partial charge in [0.2, 0.25) is 11.8 Å². The SMILES string of the molecule is CC(NC(=O)[C@@H]1C[C@@H](S(=O)(=O)C2CC2)CN1C(=O)CNC(=O)c1ccc2c(c1)Oc1ccccc1S2)c1cc2cnccc2n1S(=O)(=O)c1ccccc1. The molecule has 1 unspecified atom stereocenters. The lowest BCUT2D eigenvalue weighted by atomic mass is 10.1. The summed E-state index contributed by atoms with van der Waals surface area (Å²) in [4.78, 5) is 48.2. The summed E-state index contributed by atoms with van der Waals surface area (Å²) in [5.74, 6) is -0.649. The van der Waals surface area contributed by atoms with Crippen LogP contribution in [-0.4, -0.2) is 78.0 Å². The molecular weight excluding hydrogens is 751 g/mol. The maximum absolute atomic E-state index is 14.1. The van der Waals surface area contributed by atoms with Crippen LogP contribution in [0.2, 0.25) is 0 Å². The first-order valence-corrected chi connectivity index (χ1v) is 21.2. The lowest BCUT2D eigenvalue weighted by Crippen LogP contribution is -2.49. The van der Waals surface area contributed by atoms with Gasteiger partial charge in [-0.25, -0.2) is 20.8 Å². The monoisotopic (exact) mass is 785 g/mol. The second-order valence-corrected chi connectivity index (χ2v) is 18.9. The molecule has 1 aliphatic carbocycles. The van der Waals surface area contributed by atoms with E-state index in [1.165, 1.54) is 45.2 Å². The van der Waals surface area contributed by atoms with Gasteiger partial charge in [-0.1, -0.05) is 42.1 Å². The minimum absolute atomic E-state index is 0.0500. The van der Waals surface area contributed by atoms with Gasteiger partial charge in [0.05, 0.1) is 49.0 Å². The summed E-state index contributed by atoms with van der Waals surface area (Å²) in [5, 5.41) is 4.53. The van der Waals surface area contributed by atoms with Gasteiger partial charge in [0.15, 0.2) is 9.84 Å². The number of likely N-dealkylation sites (tertiary alicyclic amines) is 1. The van der Waals surface area contributed by atoms with Gasteiger partial charge >= 0.3 is 0 Å². The fourth-order valence-electron chi connectivity index (χ4n) is 6.96. The molecule has 0 bridgehead atoms. The van der Waals surface area contributed by atoms with Crippen molar-refractivity contribution in [2.24, 2.45) is 0 Å². The number of nitrogens with zero attached hydrogens (tertiary/aromatic N) is 3. The van der Waals surface area contributed by atoms with E-state index in [2.05, 4.69) is 15.6 Å². The van der Waals surface area contributed by atoms with Gasteiger partial charge in [0, 0.05) is 29.9 Å². The highest BCUT2D eigenvalue weighted by Gasteiger charge is 2.49. The molecule has 2 N–H and O–H groups in total. The van der Waals surface area contributed by atoms with Gasteiger partial charge in [-0.3, -0.25) is 19.4 Å². The number of aromatic nitrogens is 2. The van der Waals surface area contributed by atoms with Crippen LogP contribution in [0.3, 0.4) is 0 Å². The van der Waals surface area contributed by atoms with E-state index < -0.39 is 66.7 Å². The minimum atomic E-state index is -4.12. The molecule has 278 valence electrons. The van der Waals surface area contributed by atoms with Crippen LogP contribution in [0.4, 0.5) is 0 Å². The van der Waals surface area contributed by atoms with Crippen LogP contribution in [0.15, 0.2) is 112 Å². The standard InChI is InChI=1S/C38H35N5O8S3/c1-23(30-17-25-20-39-16-15-29(25)43(30)54(49,50)27-7-3-2-4-8-27)41-38(46)31-19-28(53(47,48)26-12-13-26)22-42(31)36(44)21-40-37(45)24-11-14-35-33(18-24)51-32-9-5-6-10-34(32)52-35/h2-11,14-18,20,23,26,28,31H,12-13,19,21-22H2,1H3,(H,40,45)(H,41,46)/t23?,28-,31+/m1/s1. The number of amides is 3. The van der Waals surface area contributed by atoms with Crippen molar-refractivity contribution in [3.8, 4) is 11.5 Å². The molecule has 3 atom stereocenters. The molecular formula is C38H35N5O8S3. The highest BCUT2D eigenvalue weighted by atomic mass is 32.2. The van der Waals surface area contributed by atoms with Crippen LogP contribution in [0.25, 0.3) is 10.9 Å². The minimum Gasteiger partial charge on any atom is -0.455 e. The van der Waals surface area contributed by atoms with E-state index in [-0.39, 0.29) is 29.1 Å². The Bertz CT molecular complexity index is 2540. The number of pyridine rings is 1. The molecule has 0 spiro atoms. The molecule has 3 aliphatic rings. The smallest absolute Gasteiger partial charge is 0.268 e. The first-order chi connectivity index (χ1) is 25.9. The molecule has 54 heavy (non-hydrogen) atoms. The Morgan fingerprint density at radius 2 is 1.65 bits per heavy atom. The third kappa shape index (κ3) is 6.62. The van der Waals surface area contributed by atoms with Crippen LogP contribution >= 0.6 is 11.8 Å². The fraction of sp³-hybridized carbons (Fsp3) is 0.263. The summed E-state index contributed by atoms with van der Waals surface area (Å²) in [7, 11) is -7.74. The number of sulfone groups is 1. The average molecular weight is 786 g/mol. The predicted molar refractivity (Wildman–Crippen MR) is 201 cm³/mol. The third-order valence-electron chi connectivity index (χ3n) is 9.90. The Labute approximate surface area is 316 Å². The predicted octanol–water partition coefficient (Wildman–Crippen LogP) is 4.68. The number of hydrogen-bond acceptors (Lipinski definition) is 10. The van der Waals surface area contributed by atoms with Gasteiger partial charge in [-0.05, 0) is 80.8 Å². The van der Waals surface area contributed by atoms with Crippen molar-refractivity contribution in [2.75, 3.05) is 13.1 Å². The third-order valence-corrected chi connectivity index (χ3v) is 15.4. The van der Waals surface area contributed by atoms with E-state index in [1.54, 1.807) is 55.5 Å². The molecule has 1 saturated heterocycles. The Morgan fingerprint density at radius 1 is 0.907 bits per heavy atom. The first kappa shape index (κ1) is 35.8. The number of hydrogen-bond donors (Lipinski definition) is 2. The van der Waals surface area contributed by atoms with E-state index in [4.69, 9.17) is 4.74 Å². The Balaban J connectivity index is 1.01. The van der Waals surface area contributed by atoms with E-state index in [0.717, 1.165) is 9.79 Å². The van der Waals surface area contributed by atoms with Crippen LogP contribution in [0.5, 0.6) is 11.5 Å². The molecule has 2 aromatic heterocycles. The van der Waals surface area contributed by atoms with Gasteiger partial charge in [0.25, 0.3) is 15.9 Å². The van der Waals surface area contributed by atoms with Gasteiger partial charge in [-0.15, -0.1) is 0 Å². The Morgan fingerprint density at radius 3 is 2.43 bits per heavy atom. The molecule has 13 nitrogen and oxygen atoms in total. The van der Waals surface area contributed by atoms with Crippen LogP contribution < -0.4 is 15.4 Å². The maximum Gasteiger partial charge on any atom is 0.268 e. The fourth-order valence-corrected chi connectivity index (χ4v) is 11.7. The number of carbonyl (C=O) groups is 3. The van der Waals surface area contributed by atoms with Crippen molar-refractivity contribution < 1.29 is 36.0 Å². The summed E-state index contributed by atoms with van der Waals surface area (Å²) < 4.78 is 61.8. The van der Waals surface area contributed by atoms with E-state index in [0.29, 0.717) is 35.2 Å². The highest BCUT2D eigenvalue weighted by Crippen LogP contribution is 2.47. The molecule has 3 aromatic carbocycles. The summed E-state index contributed by atoms with van der Waals surface area (Å²) in [6, 6.07) is 21.6. The van der Waals surface area contributed by atoms with Crippen molar-refractivity contribution in [2.45, 2.75) is 63.5 Å². The molecule has 8 rings (SSSR count).